The Morgan fingerprint density at radius 1 is 1.35 bits per heavy atom. The van der Waals surface area contributed by atoms with Gasteiger partial charge in [-0.05, 0) is 41.1 Å². The van der Waals surface area contributed by atoms with Crippen molar-refractivity contribution in [3.05, 3.63) is 39.3 Å². The van der Waals surface area contributed by atoms with Crippen LogP contribution in [0.15, 0.2) is 32.9 Å². The average molecular weight is 462 g/mol. The highest BCUT2D eigenvalue weighted by Crippen LogP contribution is 2.26. The molecule has 0 aliphatic carbocycles. The van der Waals surface area contributed by atoms with E-state index in [0.29, 0.717) is 4.47 Å². The third kappa shape index (κ3) is 4.47. The van der Waals surface area contributed by atoms with Gasteiger partial charge in [0.05, 0.1) is 11.5 Å². The summed E-state index contributed by atoms with van der Waals surface area (Å²) in [6, 6.07) is 4.24. The molecule has 26 heavy (non-hydrogen) atoms. The molecule has 0 saturated carbocycles. The fourth-order valence-corrected chi connectivity index (χ4v) is 4.36. The number of anilines is 1. The number of benzene rings is 1. The fourth-order valence-electron chi connectivity index (χ4n) is 1.84. The van der Waals surface area contributed by atoms with Crippen molar-refractivity contribution in [2.24, 2.45) is 0 Å². The predicted molar refractivity (Wildman–Crippen MR) is 101 cm³/mol. The van der Waals surface area contributed by atoms with Gasteiger partial charge < -0.3 is 4.74 Å². The lowest BCUT2D eigenvalue weighted by molar-refractivity contribution is 0.0520. The summed E-state index contributed by atoms with van der Waals surface area (Å²) in [5.74, 6) is -1.12. The maximum absolute atomic E-state index is 12.4. The Kier molecular flexibility index (Phi) is 6.50. The smallest absolute Gasteiger partial charge is 0.357 e. The van der Waals surface area contributed by atoms with Crippen molar-refractivity contribution in [2.75, 3.05) is 26.0 Å². The number of rotatable bonds is 6. The van der Waals surface area contributed by atoms with Crippen LogP contribution in [0, 0.1) is 0 Å². The van der Waals surface area contributed by atoms with Crippen LogP contribution in [0.4, 0.5) is 5.13 Å². The number of esters is 1. The summed E-state index contributed by atoms with van der Waals surface area (Å²) < 4.78 is 30.9. The zero-order valence-corrected chi connectivity index (χ0v) is 17.4. The Balaban J connectivity index is 2.25. The number of sulfonamides is 1. The first-order chi connectivity index (χ1) is 12.2. The van der Waals surface area contributed by atoms with Crippen molar-refractivity contribution < 1.29 is 22.7 Å². The van der Waals surface area contributed by atoms with E-state index >= 15 is 0 Å². The molecule has 1 heterocycles. The van der Waals surface area contributed by atoms with Gasteiger partial charge in [0.1, 0.15) is 0 Å². The molecular formula is C15H16BrN3O5S2. The van der Waals surface area contributed by atoms with E-state index < -0.39 is 21.9 Å². The molecule has 0 saturated heterocycles. The zero-order chi connectivity index (χ0) is 19.5. The van der Waals surface area contributed by atoms with Gasteiger partial charge >= 0.3 is 5.97 Å². The molecule has 8 nitrogen and oxygen atoms in total. The monoisotopic (exact) mass is 461 g/mol. The molecule has 0 aliphatic heterocycles. The molecule has 0 spiro atoms. The van der Waals surface area contributed by atoms with E-state index in [1.807, 2.05) is 0 Å². The third-order valence-electron chi connectivity index (χ3n) is 3.16. The minimum Gasteiger partial charge on any atom is -0.461 e. The van der Waals surface area contributed by atoms with E-state index in [2.05, 4.69) is 26.2 Å². The largest absolute Gasteiger partial charge is 0.461 e. The first kappa shape index (κ1) is 20.5. The number of ether oxygens (including phenoxy) is 1. The topological polar surface area (TPSA) is 106 Å². The number of halogens is 1. The molecule has 11 heteroatoms. The number of thiazole rings is 1. The highest BCUT2D eigenvalue weighted by molar-refractivity contribution is 9.10. The van der Waals surface area contributed by atoms with Gasteiger partial charge in [-0.1, -0.05) is 0 Å². The second kappa shape index (κ2) is 8.25. The van der Waals surface area contributed by atoms with Crippen LogP contribution in [-0.4, -0.2) is 50.3 Å². The second-order valence-corrected chi connectivity index (χ2v) is 8.98. The molecule has 2 aromatic rings. The van der Waals surface area contributed by atoms with Crippen LogP contribution in [-0.2, 0) is 14.8 Å². The highest BCUT2D eigenvalue weighted by Gasteiger charge is 2.22. The quantitative estimate of drug-likeness (QED) is 0.662. The molecule has 1 aromatic heterocycles. The SMILES string of the molecule is CCOC(=O)c1csc(NC(=O)c2ccc(Br)c(S(=O)(=O)N(C)C)c2)n1. The minimum absolute atomic E-state index is 0.0264. The van der Waals surface area contributed by atoms with Crippen LogP contribution < -0.4 is 5.32 Å². The minimum atomic E-state index is -3.72. The van der Waals surface area contributed by atoms with Gasteiger partial charge in [0.25, 0.3) is 5.91 Å². The molecule has 0 radical (unpaired) electrons. The highest BCUT2D eigenvalue weighted by atomic mass is 79.9. The molecule has 0 bridgehead atoms. The first-order valence-corrected chi connectivity index (χ1v) is 10.4. The number of hydrogen-bond acceptors (Lipinski definition) is 7. The van der Waals surface area contributed by atoms with Gasteiger partial charge in [-0.3, -0.25) is 10.1 Å². The maximum atomic E-state index is 12.4. The normalized spacial score (nSPS) is 11.4. The standard InChI is InChI=1S/C15H16BrN3O5S2/c1-4-24-14(21)11-8-25-15(17-11)18-13(20)9-5-6-10(16)12(7-9)26(22,23)19(2)3/h5-8H,4H2,1-3H3,(H,17,18,20). The lowest BCUT2D eigenvalue weighted by Crippen LogP contribution is -2.23. The molecule has 0 aliphatic rings. The Bertz CT molecular complexity index is 941. The zero-order valence-electron chi connectivity index (χ0n) is 14.1. The van der Waals surface area contributed by atoms with Crippen molar-refractivity contribution in [3.63, 3.8) is 0 Å². The van der Waals surface area contributed by atoms with Crippen molar-refractivity contribution in [1.82, 2.24) is 9.29 Å². The molecule has 0 atom stereocenters. The number of carbonyl (C=O) groups excluding carboxylic acids is 2. The van der Waals surface area contributed by atoms with E-state index in [9.17, 15) is 18.0 Å². The fraction of sp³-hybridized carbons (Fsp3) is 0.267. The van der Waals surface area contributed by atoms with Crippen LogP contribution in [0.25, 0.3) is 0 Å². The van der Waals surface area contributed by atoms with Crippen molar-refractivity contribution in [2.45, 2.75) is 11.8 Å². The Hall–Kier alpha value is -1.82. The maximum Gasteiger partial charge on any atom is 0.357 e. The summed E-state index contributed by atoms with van der Waals surface area (Å²) in [4.78, 5) is 28.0. The summed E-state index contributed by atoms with van der Waals surface area (Å²) in [5.41, 5.74) is 0.236. The summed E-state index contributed by atoms with van der Waals surface area (Å²) in [6.07, 6.45) is 0. The van der Waals surface area contributed by atoms with E-state index in [1.54, 1.807) is 6.92 Å². The van der Waals surface area contributed by atoms with Crippen molar-refractivity contribution in [3.8, 4) is 0 Å². The van der Waals surface area contributed by atoms with Crippen LogP contribution in [0.5, 0.6) is 0 Å². The lowest BCUT2D eigenvalue weighted by atomic mass is 10.2. The number of aromatic nitrogens is 1. The Morgan fingerprint density at radius 3 is 2.65 bits per heavy atom. The van der Waals surface area contributed by atoms with Crippen molar-refractivity contribution >= 4 is 54.3 Å². The average Bonchev–Trinajstić information content (AvgIpc) is 3.03. The summed E-state index contributed by atoms with van der Waals surface area (Å²) in [6.45, 7) is 1.90. The van der Waals surface area contributed by atoms with Gasteiger partial charge in [0.15, 0.2) is 10.8 Å². The second-order valence-electron chi connectivity index (χ2n) is 5.15. The van der Waals surface area contributed by atoms with E-state index in [4.69, 9.17) is 4.74 Å². The molecule has 1 aromatic carbocycles. The van der Waals surface area contributed by atoms with E-state index in [1.165, 1.54) is 37.7 Å². The molecule has 0 fully saturated rings. The Labute approximate surface area is 163 Å². The molecular weight excluding hydrogens is 446 g/mol. The Morgan fingerprint density at radius 2 is 2.04 bits per heavy atom. The van der Waals surface area contributed by atoms with Gasteiger partial charge in [-0.15, -0.1) is 11.3 Å². The lowest BCUT2D eigenvalue weighted by Gasteiger charge is -2.13. The molecule has 2 rings (SSSR count). The van der Waals surface area contributed by atoms with Gasteiger partial charge in [0.2, 0.25) is 10.0 Å². The number of amides is 1. The van der Waals surface area contributed by atoms with E-state index in [-0.39, 0.29) is 27.9 Å². The molecule has 0 unspecified atom stereocenters. The van der Waals surface area contributed by atoms with Gasteiger partial charge in [-0.2, -0.15) is 0 Å². The third-order valence-corrected chi connectivity index (χ3v) is 6.73. The predicted octanol–water partition coefficient (Wildman–Crippen LogP) is 2.58. The summed E-state index contributed by atoms with van der Waals surface area (Å²) >= 11 is 4.25. The van der Waals surface area contributed by atoms with E-state index in [0.717, 1.165) is 15.6 Å². The summed E-state index contributed by atoms with van der Waals surface area (Å²) in [5, 5.41) is 4.22. The number of hydrogen-bond donors (Lipinski definition) is 1. The number of carbonyl (C=O) groups is 2. The van der Waals surface area contributed by atoms with Gasteiger partial charge in [-0.25, -0.2) is 22.5 Å². The first-order valence-electron chi connectivity index (χ1n) is 7.33. The van der Waals surface area contributed by atoms with Crippen LogP contribution >= 0.6 is 27.3 Å². The number of nitrogens with one attached hydrogen (secondary N) is 1. The summed E-state index contributed by atoms with van der Waals surface area (Å²) in [7, 11) is -0.910. The molecule has 1 amide bonds. The number of nitrogens with zero attached hydrogens (tertiary/aromatic N) is 2. The van der Waals surface area contributed by atoms with Crippen molar-refractivity contribution in [1.29, 1.82) is 0 Å². The van der Waals surface area contributed by atoms with Crippen LogP contribution in [0.3, 0.4) is 0 Å². The molecule has 1 N–H and O–H groups in total. The van der Waals surface area contributed by atoms with Crippen LogP contribution in [0.1, 0.15) is 27.8 Å². The van der Waals surface area contributed by atoms with Gasteiger partial charge in [0, 0.05) is 29.5 Å². The van der Waals surface area contributed by atoms with Crippen LogP contribution in [0.2, 0.25) is 0 Å². The molecule has 140 valence electrons.